The van der Waals surface area contributed by atoms with E-state index in [2.05, 4.69) is 9.97 Å². The second kappa shape index (κ2) is 5.79. The van der Waals surface area contributed by atoms with Crippen molar-refractivity contribution < 1.29 is 14.3 Å². The minimum atomic E-state index is -0.509. The molecule has 24 heavy (non-hydrogen) atoms. The predicted octanol–water partition coefficient (Wildman–Crippen LogP) is 3.66. The lowest BCUT2D eigenvalue weighted by Gasteiger charge is -1.96. The Balaban J connectivity index is 1.72. The van der Waals surface area contributed by atoms with E-state index < -0.39 is 6.61 Å². The molecule has 4 aromatic rings. The van der Waals surface area contributed by atoms with Crippen LogP contribution in [0.5, 0.6) is 0 Å². The number of aromatic amines is 1. The number of carbonyl (C=O) groups excluding carboxylic acids is 1. The van der Waals surface area contributed by atoms with Crippen LogP contribution < -0.4 is 0 Å². The zero-order valence-corrected chi connectivity index (χ0v) is 12.7. The largest absolute Gasteiger partial charge is 0.453 e. The van der Waals surface area contributed by atoms with Crippen LogP contribution in [0.3, 0.4) is 0 Å². The van der Waals surface area contributed by atoms with Crippen molar-refractivity contribution >= 4 is 16.8 Å². The monoisotopic (exact) mass is 318 g/mol. The Morgan fingerprint density at radius 1 is 1.04 bits per heavy atom. The third kappa shape index (κ3) is 2.51. The van der Waals surface area contributed by atoms with Gasteiger partial charge in [0.2, 0.25) is 0 Å². The first-order valence-electron chi connectivity index (χ1n) is 7.54. The Labute approximate surface area is 137 Å². The predicted molar refractivity (Wildman–Crippen MR) is 90.6 cm³/mol. The van der Waals surface area contributed by atoms with Gasteiger partial charge in [-0.25, -0.2) is 4.98 Å². The van der Waals surface area contributed by atoms with Crippen molar-refractivity contribution in [3.05, 3.63) is 66.2 Å². The molecule has 0 aliphatic carbocycles. The number of ketones is 1. The molecule has 0 saturated carbocycles. The van der Waals surface area contributed by atoms with E-state index in [1.807, 2.05) is 42.5 Å². The Kier molecular flexibility index (Phi) is 3.48. The number of nitrogens with zero attached hydrogens (tertiary/aromatic N) is 1. The molecule has 2 aromatic carbocycles. The normalized spacial score (nSPS) is 11.0. The van der Waals surface area contributed by atoms with E-state index in [1.54, 1.807) is 18.2 Å². The summed E-state index contributed by atoms with van der Waals surface area (Å²) in [6.45, 7) is -0.509. The van der Waals surface area contributed by atoms with Crippen LogP contribution in [-0.4, -0.2) is 27.5 Å². The van der Waals surface area contributed by atoms with E-state index in [9.17, 15) is 4.79 Å². The summed E-state index contributed by atoms with van der Waals surface area (Å²) in [5.41, 5.74) is 2.90. The summed E-state index contributed by atoms with van der Waals surface area (Å²) in [7, 11) is 0. The molecular formula is C19H14N2O3. The van der Waals surface area contributed by atoms with Gasteiger partial charge in [-0.05, 0) is 30.3 Å². The van der Waals surface area contributed by atoms with Crippen LogP contribution in [-0.2, 0) is 0 Å². The topological polar surface area (TPSA) is 79.1 Å². The molecule has 0 bridgehead atoms. The van der Waals surface area contributed by atoms with Crippen molar-refractivity contribution in [2.75, 3.05) is 6.61 Å². The SMILES string of the molecule is O=C(CO)c1ccc2nc(-c3ccc(-c4ccccc4)o3)[nH]c2c1. The number of hydrogen-bond acceptors (Lipinski definition) is 4. The summed E-state index contributed by atoms with van der Waals surface area (Å²) in [4.78, 5) is 19.2. The van der Waals surface area contributed by atoms with Gasteiger partial charge in [0.25, 0.3) is 0 Å². The first kappa shape index (κ1) is 14.4. The van der Waals surface area contributed by atoms with Gasteiger partial charge >= 0.3 is 0 Å². The summed E-state index contributed by atoms with van der Waals surface area (Å²) < 4.78 is 5.88. The molecule has 0 saturated heterocycles. The van der Waals surface area contributed by atoms with Gasteiger partial charge in [0.05, 0.1) is 11.0 Å². The Morgan fingerprint density at radius 3 is 2.62 bits per heavy atom. The number of rotatable bonds is 4. The molecule has 0 aliphatic heterocycles. The highest BCUT2D eigenvalue weighted by molar-refractivity contribution is 5.99. The zero-order valence-electron chi connectivity index (χ0n) is 12.7. The van der Waals surface area contributed by atoms with Crippen molar-refractivity contribution in [2.45, 2.75) is 0 Å². The van der Waals surface area contributed by atoms with Crippen molar-refractivity contribution in [1.82, 2.24) is 9.97 Å². The third-order valence-corrected chi connectivity index (χ3v) is 3.85. The summed E-state index contributed by atoms with van der Waals surface area (Å²) >= 11 is 0. The second-order valence-corrected chi connectivity index (χ2v) is 5.43. The smallest absolute Gasteiger partial charge is 0.188 e. The van der Waals surface area contributed by atoms with E-state index in [4.69, 9.17) is 9.52 Å². The van der Waals surface area contributed by atoms with Crippen LogP contribution in [0.2, 0.25) is 0 Å². The van der Waals surface area contributed by atoms with Crippen LogP contribution >= 0.6 is 0 Å². The molecule has 5 nitrogen and oxygen atoms in total. The van der Waals surface area contributed by atoms with Gasteiger partial charge in [-0.1, -0.05) is 30.3 Å². The highest BCUT2D eigenvalue weighted by Gasteiger charge is 2.12. The minimum absolute atomic E-state index is 0.322. The van der Waals surface area contributed by atoms with E-state index in [-0.39, 0.29) is 5.78 Å². The highest BCUT2D eigenvalue weighted by atomic mass is 16.3. The Bertz CT molecular complexity index is 1020. The van der Waals surface area contributed by atoms with Crippen LogP contribution in [0, 0.1) is 0 Å². The number of furan rings is 1. The minimum Gasteiger partial charge on any atom is -0.453 e. The van der Waals surface area contributed by atoms with E-state index in [0.29, 0.717) is 17.1 Å². The van der Waals surface area contributed by atoms with Gasteiger partial charge in [-0.15, -0.1) is 0 Å². The Morgan fingerprint density at radius 2 is 1.83 bits per heavy atom. The van der Waals surface area contributed by atoms with Crippen molar-refractivity contribution in [3.63, 3.8) is 0 Å². The molecule has 0 unspecified atom stereocenters. The standard InChI is InChI=1S/C19H14N2O3/c22-11-16(23)13-6-7-14-15(10-13)21-19(20-14)18-9-8-17(24-18)12-4-2-1-3-5-12/h1-10,22H,11H2,(H,20,21). The van der Waals surface area contributed by atoms with Crippen LogP contribution in [0.25, 0.3) is 33.9 Å². The fraction of sp³-hybridized carbons (Fsp3) is 0.0526. The molecular weight excluding hydrogens is 304 g/mol. The third-order valence-electron chi connectivity index (χ3n) is 3.85. The lowest BCUT2D eigenvalue weighted by molar-refractivity contribution is 0.0904. The first-order chi connectivity index (χ1) is 11.7. The average Bonchev–Trinajstić information content (AvgIpc) is 3.27. The van der Waals surface area contributed by atoms with Gasteiger partial charge in [-0.2, -0.15) is 0 Å². The van der Waals surface area contributed by atoms with Crippen LogP contribution in [0.1, 0.15) is 10.4 Å². The van der Waals surface area contributed by atoms with Gasteiger partial charge in [0.15, 0.2) is 17.4 Å². The first-order valence-corrected chi connectivity index (χ1v) is 7.54. The Hall–Kier alpha value is -3.18. The summed E-state index contributed by atoms with van der Waals surface area (Å²) in [6.07, 6.45) is 0. The van der Waals surface area contributed by atoms with Gasteiger partial charge in [0, 0.05) is 11.1 Å². The summed E-state index contributed by atoms with van der Waals surface area (Å²) in [6, 6.07) is 18.7. The number of aromatic nitrogens is 2. The molecule has 0 amide bonds. The quantitative estimate of drug-likeness (QED) is 0.563. The number of Topliss-reactive ketones (excluding diaryl/α,β-unsaturated/α-hetero) is 1. The van der Waals surface area contributed by atoms with Crippen LogP contribution in [0.4, 0.5) is 0 Å². The maximum atomic E-state index is 11.6. The number of aliphatic hydroxyl groups is 1. The van der Waals surface area contributed by atoms with Crippen LogP contribution in [0.15, 0.2) is 65.1 Å². The van der Waals surface area contributed by atoms with E-state index >= 15 is 0 Å². The average molecular weight is 318 g/mol. The number of fused-ring (bicyclic) bond motifs is 1. The number of H-pyrrole nitrogens is 1. The molecule has 5 heteroatoms. The zero-order chi connectivity index (χ0) is 16.5. The summed E-state index contributed by atoms with van der Waals surface area (Å²) in [5, 5.41) is 8.96. The molecule has 0 fully saturated rings. The number of benzene rings is 2. The molecule has 2 heterocycles. The lowest BCUT2D eigenvalue weighted by Crippen LogP contribution is -2.03. The number of nitrogens with one attached hydrogen (secondary N) is 1. The van der Waals surface area contributed by atoms with Gasteiger partial charge in [-0.3, -0.25) is 4.79 Å². The molecule has 0 spiro atoms. The van der Waals surface area contributed by atoms with Crippen molar-refractivity contribution in [3.8, 4) is 22.9 Å². The maximum absolute atomic E-state index is 11.6. The van der Waals surface area contributed by atoms with Gasteiger partial charge < -0.3 is 14.5 Å². The molecule has 2 aromatic heterocycles. The molecule has 0 radical (unpaired) electrons. The van der Waals surface area contributed by atoms with E-state index in [1.165, 1.54) is 0 Å². The van der Waals surface area contributed by atoms with Crippen molar-refractivity contribution in [1.29, 1.82) is 0 Å². The van der Waals surface area contributed by atoms with E-state index in [0.717, 1.165) is 22.4 Å². The number of carbonyl (C=O) groups is 1. The molecule has 0 aliphatic rings. The number of hydrogen-bond donors (Lipinski definition) is 2. The van der Waals surface area contributed by atoms with Gasteiger partial charge in [0.1, 0.15) is 12.4 Å². The molecule has 0 atom stereocenters. The molecule has 4 rings (SSSR count). The fourth-order valence-corrected chi connectivity index (χ4v) is 2.61. The lowest BCUT2D eigenvalue weighted by atomic mass is 10.1. The fourth-order valence-electron chi connectivity index (χ4n) is 2.61. The van der Waals surface area contributed by atoms with Crippen molar-refractivity contribution in [2.24, 2.45) is 0 Å². The maximum Gasteiger partial charge on any atom is 0.188 e. The second-order valence-electron chi connectivity index (χ2n) is 5.43. The molecule has 118 valence electrons. The summed E-state index contributed by atoms with van der Waals surface area (Å²) in [5.74, 6) is 1.67. The number of imidazole rings is 1. The molecule has 2 N–H and O–H groups in total. The highest BCUT2D eigenvalue weighted by Crippen LogP contribution is 2.28. The number of aliphatic hydroxyl groups excluding tert-OH is 1.